The van der Waals surface area contributed by atoms with Crippen LogP contribution in [0.3, 0.4) is 0 Å². The van der Waals surface area contributed by atoms with Crippen LogP contribution in [0.5, 0.6) is 0 Å². The van der Waals surface area contributed by atoms with Crippen molar-refractivity contribution in [3.8, 4) is 22.8 Å². The highest BCUT2D eigenvalue weighted by Gasteiger charge is 2.13. The molecule has 0 radical (unpaired) electrons. The minimum atomic E-state index is -0.320. The molecule has 0 atom stereocenters. The lowest BCUT2D eigenvalue weighted by Gasteiger charge is -1.94. The highest BCUT2D eigenvalue weighted by Crippen LogP contribution is 2.27. The van der Waals surface area contributed by atoms with Crippen molar-refractivity contribution >= 4 is 23.4 Å². The Hall–Kier alpha value is -2.71. The average Bonchev–Trinajstić information content (AvgIpc) is 3.30. The third-order valence-electron chi connectivity index (χ3n) is 3.37. The topological polar surface area (TPSA) is 77.8 Å². The van der Waals surface area contributed by atoms with Crippen LogP contribution < -0.4 is 0 Å². The molecule has 0 saturated carbocycles. The average molecular weight is 389 g/mol. The van der Waals surface area contributed by atoms with Crippen molar-refractivity contribution in [1.29, 1.82) is 0 Å². The monoisotopic (exact) mass is 388 g/mol. The summed E-state index contributed by atoms with van der Waals surface area (Å²) in [6.07, 6.45) is 0. The van der Waals surface area contributed by atoms with E-state index in [0.717, 1.165) is 5.56 Å². The summed E-state index contributed by atoms with van der Waals surface area (Å²) in [5.41, 5.74) is 1.42. The number of aromatic nitrogens is 4. The van der Waals surface area contributed by atoms with Gasteiger partial charge in [0.2, 0.25) is 17.6 Å². The summed E-state index contributed by atoms with van der Waals surface area (Å²) in [6.45, 7) is 0. The van der Waals surface area contributed by atoms with Gasteiger partial charge in [-0.3, -0.25) is 0 Å². The second-order valence-corrected chi connectivity index (χ2v) is 6.55. The van der Waals surface area contributed by atoms with Crippen LogP contribution in [0, 0.1) is 5.82 Å². The molecule has 0 bridgehead atoms. The molecule has 4 aromatic rings. The van der Waals surface area contributed by atoms with Crippen molar-refractivity contribution in [2.24, 2.45) is 0 Å². The van der Waals surface area contributed by atoms with E-state index in [0.29, 0.717) is 39.2 Å². The van der Waals surface area contributed by atoms with Gasteiger partial charge in [-0.15, -0.1) is 10.2 Å². The molecule has 26 heavy (non-hydrogen) atoms. The van der Waals surface area contributed by atoms with Gasteiger partial charge in [-0.05, 0) is 42.5 Å². The quantitative estimate of drug-likeness (QED) is 0.451. The summed E-state index contributed by atoms with van der Waals surface area (Å²) in [5, 5.41) is 12.8. The van der Waals surface area contributed by atoms with Crippen LogP contribution >= 0.6 is 23.4 Å². The molecule has 2 heterocycles. The lowest BCUT2D eigenvalue weighted by atomic mass is 10.2. The molecule has 0 unspecified atom stereocenters. The molecule has 0 saturated heterocycles. The lowest BCUT2D eigenvalue weighted by Crippen LogP contribution is -1.83. The van der Waals surface area contributed by atoms with Gasteiger partial charge in [0.15, 0.2) is 0 Å². The molecule has 0 N–H and O–H groups in total. The van der Waals surface area contributed by atoms with Crippen LogP contribution in [-0.2, 0) is 5.75 Å². The van der Waals surface area contributed by atoms with Crippen molar-refractivity contribution in [3.05, 3.63) is 65.3 Å². The molecule has 0 spiro atoms. The third-order valence-corrected chi connectivity index (χ3v) is 4.41. The Morgan fingerprint density at radius 2 is 1.88 bits per heavy atom. The predicted octanol–water partition coefficient (Wildman–Crippen LogP) is 4.87. The van der Waals surface area contributed by atoms with Crippen LogP contribution in [-0.4, -0.2) is 20.3 Å². The maximum absolute atomic E-state index is 13.0. The number of halogens is 2. The Labute approximate surface area is 156 Å². The van der Waals surface area contributed by atoms with E-state index in [2.05, 4.69) is 20.3 Å². The second-order valence-electron chi connectivity index (χ2n) is 5.19. The number of hydrogen-bond acceptors (Lipinski definition) is 7. The Morgan fingerprint density at radius 3 is 2.69 bits per heavy atom. The summed E-state index contributed by atoms with van der Waals surface area (Å²) >= 11 is 7.24. The van der Waals surface area contributed by atoms with Crippen LogP contribution in [0.25, 0.3) is 22.8 Å². The first kappa shape index (κ1) is 16.7. The van der Waals surface area contributed by atoms with Crippen LogP contribution in [0.15, 0.2) is 62.7 Å². The molecule has 0 fully saturated rings. The van der Waals surface area contributed by atoms with Gasteiger partial charge >= 0.3 is 0 Å². The fourth-order valence-electron chi connectivity index (χ4n) is 2.16. The zero-order chi connectivity index (χ0) is 17.9. The first-order chi connectivity index (χ1) is 12.7. The van der Waals surface area contributed by atoms with Gasteiger partial charge in [0.05, 0.1) is 5.75 Å². The molecule has 4 rings (SSSR count). The molecule has 6 nitrogen and oxygen atoms in total. The van der Waals surface area contributed by atoms with E-state index >= 15 is 0 Å². The van der Waals surface area contributed by atoms with E-state index in [4.69, 9.17) is 20.5 Å². The van der Waals surface area contributed by atoms with Crippen LogP contribution in [0.2, 0.25) is 5.02 Å². The van der Waals surface area contributed by atoms with Crippen LogP contribution in [0.1, 0.15) is 5.89 Å². The number of rotatable bonds is 5. The number of nitrogens with zero attached hydrogens (tertiary/aromatic N) is 4. The predicted molar refractivity (Wildman–Crippen MR) is 94.0 cm³/mol. The molecule has 0 aliphatic rings. The summed E-state index contributed by atoms with van der Waals surface area (Å²) < 4.78 is 23.8. The summed E-state index contributed by atoms with van der Waals surface area (Å²) in [4.78, 5) is 4.27. The molecule has 0 amide bonds. The second kappa shape index (κ2) is 7.27. The van der Waals surface area contributed by atoms with Gasteiger partial charge in [-0.2, -0.15) is 4.98 Å². The van der Waals surface area contributed by atoms with Gasteiger partial charge in [0.1, 0.15) is 5.82 Å². The van der Waals surface area contributed by atoms with Gasteiger partial charge in [-0.1, -0.05) is 34.6 Å². The van der Waals surface area contributed by atoms with E-state index in [1.807, 2.05) is 12.1 Å². The smallest absolute Gasteiger partial charge is 0.277 e. The highest BCUT2D eigenvalue weighted by molar-refractivity contribution is 7.98. The van der Waals surface area contributed by atoms with E-state index in [-0.39, 0.29) is 5.82 Å². The molecule has 2 aromatic heterocycles. The standard InChI is InChI=1S/C17H10ClFN4O2S/c18-12-3-1-2-11(8-12)16-21-22-17(24-16)26-9-14-20-15(23-25-14)10-4-6-13(19)7-5-10/h1-8H,9H2. The molecule has 9 heteroatoms. The van der Waals surface area contributed by atoms with Crippen molar-refractivity contribution in [2.45, 2.75) is 11.0 Å². The van der Waals surface area contributed by atoms with Crippen molar-refractivity contribution in [3.63, 3.8) is 0 Å². The first-order valence-corrected chi connectivity index (χ1v) is 8.84. The van der Waals surface area contributed by atoms with Gasteiger partial charge < -0.3 is 8.94 Å². The van der Waals surface area contributed by atoms with Crippen molar-refractivity contribution < 1.29 is 13.3 Å². The van der Waals surface area contributed by atoms with E-state index < -0.39 is 0 Å². The summed E-state index contributed by atoms with van der Waals surface area (Å²) in [7, 11) is 0. The molecule has 2 aromatic carbocycles. The van der Waals surface area contributed by atoms with Crippen molar-refractivity contribution in [1.82, 2.24) is 20.3 Å². The van der Waals surface area contributed by atoms with Crippen LogP contribution in [0.4, 0.5) is 4.39 Å². The largest absolute Gasteiger partial charge is 0.411 e. The SMILES string of the molecule is Fc1ccc(-c2noc(CSc3nnc(-c4cccc(Cl)c4)o3)n2)cc1. The Bertz CT molecular complexity index is 1040. The van der Waals surface area contributed by atoms with Gasteiger partial charge in [-0.25, -0.2) is 4.39 Å². The van der Waals surface area contributed by atoms with E-state index in [1.165, 1.54) is 23.9 Å². The summed E-state index contributed by atoms with van der Waals surface area (Å²) in [5.74, 6) is 1.22. The first-order valence-electron chi connectivity index (χ1n) is 7.48. The zero-order valence-corrected chi connectivity index (χ0v) is 14.7. The number of benzene rings is 2. The van der Waals surface area contributed by atoms with Crippen molar-refractivity contribution in [2.75, 3.05) is 0 Å². The maximum Gasteiger partial charge on any atom is 0.277 e. The van der Waals surface area contributed by atoms with E-state index in [1.54, 1.807) is 24.3 Å². The Balaban J connectivity index is 1.43. The fourth-order valence-corrected chi connectivity index (χ4v) is 2.95. The minimum Gasteiger partial charge on any atom is -0.411 e. The summed E-state index contributed by atoms with van der Waals surface area (Å²) in [6, 6.07) is 13.0. The Kier molecular flexibility index (Phi) is 4.68. The third kappa shape index (κ3) is 3.76. The molecular formula is C17H10ClFN4O2S. The molecule has 130 valence electrons. The molecule has 0 aliphatic carbocycles. The normalized spacial score (nSPS) is 11.0. The maximum atomic E-state index is 13.0. The highest BCUT2D eigenvalue weighted by atomic mass is 35.5. The molecule has 0 aliphatic heterocycles. The number of hydrogen-bond donors (Lipinski definition) is 0. The molecular weight excluding hydrogens is 379 g/mol. The zero-order valence-electron chi connectivity index (χ0n) is 13.1. The van der Waals surface area contributed by atoms with Gasteiger partial charge in [0, 0.05) is 16.1 Å². The Morgan fingerprint density at radius 1 is 1.04 bits per heavy atom. The van der Waals surface area contributed by atoms with E-state index in [9.17, 15) is 4.39 Å². The fraction of sp³-hybridized carbons (Fsp3) is 0.0588. The number of thioether (sulfide) groups is 1. The van der Waals surface area contributed by atoms with Gasteiger partial charge in [0.25, 0.3) is 5.22 Å². The lowest BCUT2D eigenvalue weighted by molar-refractivity contribution is 0.391. The minimum absolute atomic E-state index is 0.320.